The number of nitrogens with zero attached hydrogens (tertiary/aromatic N) is 1. The van der Waals surface area contributed by atoms with E-state index in [4.69, 9.17) is 9.47 Å². The zero-order valence-electron chi connectivity index (χ0n) is 9.63. The molecular formula is C11H13NO4S. The van der Waals surface area contributed by atoms with Crippen molar-refractivity contribution >= 4 is 17.4 Å². The SMILES string of the molecule is CCSC(C)c1ccc2c(c1[N+](=O)[O-])OCO2. The van der Waals surface area contributed by atoms with Crippen LogP contribution >= 0.6 is 11.8 Å². The summed E-state index contributed by atoms with van der Waals surface area (Å²) in [6, 6.07) is 3.48. The number of nitro groups is 1. The number of fused-ring (bicyclic) bond motifs is 1. The minimum Gasteiger partial charge on any atom is -0.453 e. The largest absolute Gasteiger partial charge is 0.453 e. The van der Waals surface area contributed by atoms with Crippen molar-refractivity contribution in [1.82, 2.24) is 0 Å². The maximum Gasteiger partial charge on any atom is 0.319 e. The van der Waals surface area contributed by atoms with Gasteiger partial charge in [0.1, 0.15) is 0 Å². The Bertz CT molecular complexity index is 449. The summed E-state index contributed by atoms with van der Waals surface area (Å²) >= 11 is 1.66. The van der Waals surface area contributed by atoms with Crippen LogP contribution in [-0.2, 0) is 0 Å². The Morgan fingerprint density at radius 3 is 2.94 bits per heavy atom. The average molecular weight is 255 g/mol. The third-order valence-electron chi connectivity index (χ3n) is 2.58. The van der Waals surface area contributed by atoms with E-state index in [1.165, 1.54) is 0 Å². The zero-order chi connectivity index (χ0) is 12.4. The summed E-state index contributed by atoms with van der Waals surface area (Å²) in [7, 11) is 0. The molecule has 2 rings (SSSR count). The lowest BCUT2D eigenvalue weighted by molar-refractivity contribution is -0.386. The van der Waals surface area contributed by atoms with Gasteiger partial charge in [-0.1, -0.05) is 6.92 Å². The van der Waals surface area contributed by atoms with Gasteiger partial charge >= 0.3 is 5.69 Å². The number of nitro benzene ring substituents is 1. The highest BCUT2D eigenvalue weighted by Gasteiger charge is 2.31. The molecule has 0 saturated carbocycles. The fourth-order valence-corrected chi connectivity index (χ4v) is 2.70. The lowest BCUT2D eigenvalue weighted by atomic mass is 10.1. The van der Waals surface area contributed by atoms with Crippen molar-refractivity contribution in [2.45, 2.75) is 19.1 Å². The summed E-state index contributed by atoms with van der Waals surface area (Å²) in [5, 5.41) is 11.2. The van der Waals surface area contributed by atoms with E-state index in [9.17, 15) is 10.1 Å². The standard InChI is InChI=1S/C11H13NO4S/c1-3-17-7(2)8-4-5-9-11(16-6-15-9)10(8)12(13)14/h4-5,7H,3,6H2,1-2H3. The van der Waals surface area contributed by atoms with E-state index in [-0.39, 0.29) is 23.5 Å². The van der Waals surface area contributed by atoms with Crippen molar-refractivity contribution < 1.29 is 14.4 Å². The third-order valence-corrected chi connectivity index (χ3v) is 3.67. The Balaban J connectivity index is 2.49. The second-order valence-electron chi connectivity index (χ2n) is 3.59. The second kappa shape index (κ2) is 4.83. The molecule has 0 spiro atoms. The van der Waals surface area contributed by atoms with Crippen LogP contribution in [0.25, 0.3) is 0 Å². The van der Waals surface area contributed by atoms with Gasteiger partial charge in [0.05, 0.1) is 4.92 Å². The van der Waals surface area contributed by atoms with Crippen LogP contribution in [0, 0.1) is 10.1 Å². The van der Waals surface area contributed by atoms with Crippen molar-refractivity contribution in [3.05, 3.63) is 27.8 Å². The monoisotopic (exact) mass is 255 g/mol. The van der Waals surface area contributed by atoms with Gasteiger partial charge in [-0.05, 0) is 24.8 Å². The molecule has 17 heavy (non-hydrogen) atoms. The van der Waals surface area contributed by atoms with Crippen LogP contribution in [0.3, 0.4) is 0 Å². The number of thioether (sulfide) groups is 1. The van der Waals surface area contributed by atoms with Gasteiger partial charge in [-0.3, -0.25) is 10.1 Å². The highest BCUT2D eigenvalue weighted by molar-refractivity contribution is 7.99. The van der Waals surface area contributed by atoms with E-state index in [2.05, 4.69) is 0 Å². The molecule has 1 aliphatic rings. The molecule has 0 aliphatic carbocycles. The molecule has 0 aromatic heterocycles. The van der Waals surface area contributed by atoms with E-state index in [0.717, 1.165) is 5.75 Å². The van der Waals surface area contributed by atoms with Gasteiger partial charge in [-0.2, -0.15) is 11.8 Å². The van der Waals surface area contributed by atoms with Gasteiger partial charge in [0, 0.05) is 10.8 Å². The molecule has 1 unspecified atom stereocenters. The van der Waals surface area contributed by atoms with Crippen molar-refractivity contribution in [2.75, 3.05) is 12.5 Å². The van der Waals surface area contributed by atoms with E-state index in [1.807, 2.05) is 13.8 Å². The number of hydrogen-bond acceptors (Lipinski definition) is 5. The van der Waals surface area contributed by atoms with Gasteiger partial charge in [0.2, 0.25) is 12.5 Å². The first-order valence-electron chi connectivity index (χ1n) is 5.33. The molecule has 1 atom stereocenters. The first-order valence-corrected chi connectivity index (χ1v) is 6.38. The van der Waals surface area contributed by atoms with Gasteiger partial charge in [-0.25, -0.2) is 0 Å². The molecule has 5 nitrogen and oxygen atoms in total. The van der Waals surface area contributed by atoms with Crippen molar-refractivity contribution in [2.24, 2.45) is 0 Å². The van der Waals surface area contributed by atoms with Crippen LogP contribution in [0.15, 0.2) is 12.1 Å². The van der Waals surface area contributed by atoms with E-state index in [0.29, 0.717) is 11.3 Å². The molecule has 1 aromatic carbocycles. The lowest BCUT2D eigenvalue weighted by Crippen LogP contribution is -2.00. The van der Waals surface area contributed by atoms with Crippen LogP contribution in [-0.4, -0.2) is 17.5 Å². The number of hydrogen-bond donors (Lipinski definition) is 0. The maximum atomic E-state index is 11.2. The molecule has 0 radical (unpaired) electrons. The van der Waals surface area contributed by atoms with Crippen LogP contribution in [0.4, 0.5) is 5.69 Å². The van der Waals surface area contributed by atoms with Gasteiger partial charge in [0.25, 0.3) is 0 Å². The Labute approximate surface area is 103 Å². The summed E-state index contributed by atoms with van der Waals surface area (Å²) in [6.45, 7) is 4.04. The Kier molecular flexibility index (Phi) is 3.42. The Morgan fingerprint density at radius 2 is 2.29 bits per heavy atom. The quantitative estimate of drug-likeness (QED) is 0.611. The van der Waals surface area contributed by atoms with Crippen molar-refractivity contribution in [1.29, 1.82) is 0 Å². The molecule has 0 fully saturated rings. The molecule has 1 aromatic rings. The van der Waals surface area contributed by atoms with Crippen molar-refractivity contribution in [3.8, 4) is 11.5 Å². The summed E-state index contributed by atoms with van der Waals surface area (Å²) in [5.74, 6) is 1.62. The molecule has 1 aliphatic heterocycles. The molecular weight excluding hydrogens is 242 g/mol. The molecule has 0 amide bonds. The number of ether oxygens (including phenoxy) is 2. The molecule has 0 bridgehead atoms. The van der Waals surface area contributed by atoms with Gasteiger partial charge in [0.15, 0.2) is 5.75 Å². The average Bonchev–Trinajstić information content (AvgIpc) is 2.75. The minimum atomic E-state index is -0.393. The predicted octanol–water partition coefficient (Wildman–Crippen LogP) is 3.14. The molecule has 1 heterocycles. The van der Waals surface area contributed by atoms with Crippen molar-refractivity contribution in [3.63, 3.8) is 0 Å². The zero-order valence-corrected chi connectivity index (χ0v) is 10.5. The van der Waals surface area contributed by atoms with Crippen LogP contribution in [0.5, 0.6) is 11.5 Å². The first-order chi connectivity index (χ1) is 8.15. The summed E-state index contributed by atoms with van der Waals surface area (Å²) in [5.41, 5.74) is 0.722. The second-order valence-corrected chi connectivity index (χ2v) is 5.21. The molecule has 0 saturated heterocycles. The first kappa shape index (κ1) is 12.0. The Hall–Kier alpha value is -1.43. The normalized spacial score (nSPS) is 14.7. The highest BCUT2D eigenvalue weighted by atomic mass is 32.2. The number of benzene rings is 1. The van der Waals surface area contributed by atoms with Gasteiger partial charge < -0.3 is 9.47 Å². The van der Waals surface area contributed by atoms with Crippen LogP contribution in [0.1, 0.15) is 24.7 Å². The topological polar surface area (TPSA) is 61.6 Å². The third kappa shape index (κ3) is 2.17. The molecule has 92 valence electrons. The lowest BCUT2D eigenvalue weighted by Gasteiger charge is -2.11. The highest BCUT2D eigenvalue weighted by Crippen LogP contribution is 2.46. The van der Waals surface area contributed by atoms with E-state index >= 15 is 0 Å². The predicted molar refractivity (Wildman–Crippen MR) is 65.8 cm³/mol. The summed E-state index contributed by atoms with van der Waals surface area (Å²) < 4.78 is 10.3. The Morgan fingerprint density at radius 1 is 1.53 bits per heavy atom. The van der Waals surface area contributed by atoms with Crippen LogP contribution < -0.4 is 9.47 Å². The minimum absolute atomic E-state index is 0.0356. The van der Waals surface area contributed by atoms with E-state index in [1.54, 1.807) is 23.9 Å². The van der Waals surface area contributed by atoms with E-state index < -0.39 is 4.92 Å². The molecule has 6 heteroatoms. The van der Waals surface area contributed by atoms with Gasteiger partial charge in [-0.15, -0.1) is 0 Å². The maximum absolute atomic E-state index is 11.2. The molecule has 0 N–H and O–H groups in total. The number of rotatable bonds is 4. The smallest absolute Gasteiger partial charge is 0.319 e. The fourth-order valence-electron chi connectivity index (χ4n) is 1.83. The fraction of sp³-hybridized carbons (Fsp3) is 0.455. The summed E-state index contributed by atoms with van der Waals surface area (Å²) in [4.78, 5) is 10.8. The summed E-state index contributed by atoms with van der Waals surface area (Å²) in [6.07, 6.45) is 0. The van der Waals surface area contributed by atoms with Crippen LogP contribution in [0.2, 0.25) is 0 Å².